The molecule has 0 saturated heterocycles. The van der Waals surface area contributed by atoms with E-state index in [1.54, 1.807) is 0 Å². The standard InChI is InChI=1S/C75H64N4/c1-41-26-46(6)72(47(7)27-41)54-16-21-60-61-22-17-55(73-48(8)28-42(2)29-49(73)9)36-67(61)78(66(60)35-54)70-39-64(59-25-20-58(76-14)34-45(59)5)65(77-15)40-71(70)79-68-37-56(74-50(10)30-43(3)31-51(74)11)18-23-62(68)63-24-19-57(38-69(63)79)75-52(12)32-44(4)33-53(75)13/h16-40H,1-13H3. The molecule has 0 spiro atoms. The Bertz CT molecular complexity index is 4380. The van der Waals surface area contributed by atoms with Gasteiger partial charge >= 0.3 is 0 Å². The number of aromatic nitrogens is 2. The van der Waals surface area contributed by atoms with Gasteiger partial charge in [0.1, 0.15) is 0 Å². The SMILES string of the molecule is [C-]#[N+]c1ccc(-c2cc(-n3c4cc(-c5c(C)cc(C)cc5C)ccc4c4ccc(-c5c(C)cc(C)cc5C)cc43)c(-n3c4cc(-c5c(C)cc(C)cc5C)ccc4c4ccc(-c5c(C)cc(C)cc5C)cc43)cc2[N+]#[C-])c(C)c1. The van der Waals surface area contributed by atoms with Crippen molar-refractivity contribution in [2.45, 2.75) is 90.0 Å². The molecule has 4 heteroatoms. The largest absolute Gasteiger partial charge is 0.308 e. The first kappa shape index (κ1) is 50.6. The van der Waals surface area contributed by atoms with Crippen LogP contribution in [0.2, 0.25) is 0 Å². The number of benzene rings is 10. The first-order valence-corrected chi connectivity index (χ1v) is 27.4. The zero-order chi connectivity index (χ0) is 55.5. The average molecular weight is 1020 g/mol. The van der Waals surface area contributed by atoms with Crippen LogP contribution in [0, 0.1) is 103 Å². The Kier molecular flexibility index (Phi) is 12.2. The molecule has 0 fully saturated rings. The molecule has 0 bridgehead atoms. The van der Waals surface area contributed by atoms with Gasteiger partial charge in [0.15, 0.2) is 11.4 Å². The molecule has 0 N–H and O–H groups in total. The van der Waals surface area contributed by atoms with Gasteiger partial charge in [0.05, 0.1) is 46.6 Å². The van der Waals surface area contributed by atoms with Gasteiger partial charge in [0.25, 0.3) is 0 Å². The van der Waals surface area contributed by atoms with E-state index >= 15 is 0 Å². The van der Waals surface area contributed by atoms with E-state index in [9.17, 15) is 0 Å². The lowest BCUT2D eigenvalue weighted by molar-refractivity contribution is 1.10. The van der Waals surface area contributed by atoms with E-state index in [-0.39, 0.29) is 0 Å². The summed E-state index contributed by atoms with van der Waals surface area (Å²) in [6.45, 7) is 45.6. The second kappa shape index (κ2) is 19.1. The Labute approximate surface area is 465 Å². The van der Waals surface area contributed by atoms with Gasteiger partial charge in [-0.1, -0.05) is 143 Å². The summed E-state index contributed by atoms with van der Waals surface area (Å²) in [5.74, 6) is 0. The van der Waals surface area contributed by atoms with Crippen molar-refractivity contribution in [1.29, 1.82) is 0 Å². The summed E-state index contributed by atoms with van der Waals surface area (Å²) in [7, 11) is 0. The zero-order valence-corrected chi connectivity index (χ0v) is 47.7. The molecular formula is C75H64N4. The van der Waals surface area contributed by atoms with Gasteiger partial charge < -0.3 is 9.13 Å². The highest BCUT2D eigenvalue weighted by Crippen LogP contribution is 2.47. The quantitative estimate of drug-likeness (QED) is 0.142. The van der Waals surface area contributed by atoms with Crippen molar-refractivity contribution in [2.24, 2.45) is 0 Å². The molecule has 12 rings (SSSR count). The molecule has 12 aromatic rings. The predicted octanol–water partition coefficient (Wildman–Crippen LogP) is 21.3. The van der Waals surface area contributed by atoms with Crippen molar-refractivity contribution in [1.82, 2.24) is 9.13 Å². The Morgan fingerprint density at radius 3 is 0.861 bits per heavy atom. The summed E-state index contributed by atoms with van der Waals surface area (Å²) in [4.78, 5) is 8.24. The lowest BCUT2D eigenvalue weighted by Gasteiger charge is -2.21. The van der Waals surface area contributed by atoms with Gasteiger partial charge in [-0.25, -0.2) is 9.69 Å². The Morgan fingerprint density at radius 2 is 0.582 bits per heavy atom. The minimum atomic E-state index is 0.536. The minimum Gasteiger partial charge on any atom is -0.308 e. The van der Waals surface area contributed by atoms with Crippen molar-refractivity contribution in [2.75, 3.05) is 0 Å². The van der Waals surface area contributed by atoms with Crippen LogP contribution in [0.4, 0.5) is 11.4 Å². The maximum atomic E-state index is 9.08. The molecule has 4 nitrogen and oxygen atoms in total. The van der Waals surface area contributed by atoms with E-state index < -0.39 is 0 Å². The van der Waals surface area contributed by atoms with Crippen molar-refractivity contribution in [3.8, 4) is 67.0 Å². The third-order valence-electron chi connectivity index (χ3n) is 16.7. The second-order valence-electron chi connectivity index (χ2n) is 22.8. The van der Waals surface area contributed by atoms with Crippen LogP contribution in [0.5, 0.6) is 0 Å². The van der Waals surface area contributed by atoms with Crippen molar-refractivity contribution in [3.63, 3.8) is 0 Å². The van der Waals surface area contributed by atoms with Crippen LogP contribution in [-0.4, -0.2) is 9.13 Å². The van der Waals surface area contributed by atoms with Crippen LogP contribution >= 0.6 is 0 Å². The van der Waals surface area contributed by atoms with Crippen LogP contribution < -0.4 is 0 Å². The summed E-state index contributed by atoms with van der Waals surface area (Å²) in [6.07, 6.45) is 0. The van der Waals surface area contributed by atoms with Crippen LogP contribution in [-0.2, 0) is 0 Å². The molecule has 0 aliphatic heterocycles. The van der Waals surface area contributed by atoms with Crippen molar-refractivity contribution >= 4 is 55.0 Å². The Hall–Kier alpha value is -9.22. The molecule has 0 amide bonds. The molecule has 2 heterocycles. The Balaban J connectivity index is 1.29. The minimum absolute atomic E-state index is 0.536. The van der Waals surface area contributed by atoms with Gasteiger partial charge in [0.2, 0.25) is 0 Å². The monoisotopic (exact) mass is 1020 g/mol. The van der Waals surface area contributed by atoms with E-state index in [0.29, 0.717) is 11.4 Å². The van der Waals surface area contributed by atoms with Gasteiger partial charge in [0, 0.05) is 21.5 Å². The van der Waals surface area contributed by atoms with Gasteiger partial charge in [-0.15, -0.1) is 0 Å². The molecule has 0 aliphatic carbocycles. The molecule has 10 aromatic carbocycles. The zero-order valence-electron chi connectivity index (χ0n) is 47.7. The summed E-state index contributed by atoms with van der Waals surface area (Å²) in [5, 5.41) is 4.56. The van der Waals surface area contributed by atoms with Crippen LogP contribution in [0.1, 0.15) is 72.3 Å². The maximum Gasteiger partial charge on any atom is 0.197 e. The van der Waals surface area contributed by atoms with Crippen LogP contribution in [0.25, 0.3) is 120 Å². The topological polar surface area (TPSA) is 18.6 Å². The molecule has 0 unspecified atom stereocenters. The van der Waals surface area contributed by atoms with E-state index in [0.717, 1.165) is 93.9 Å². The first-order valence-electron chi connectivity index (χ1n) is 27.4. The fraction of sp³-hybridized carbons (Fsp3) is 0.173. The molecular weight excluding hydrogens is 957 g/mol. The van der Waals surface area contributed by atoms with Gasteiger partial charge in [-0.05, 0) is 227 Å². The third-order valence-corrected chi connectivity index (χ3v) is 16.7. The highest BCUT2D eigenvalue weighted by Gasteiger charge is 2.26. The number of fused-ring (bicyclic) bond motifs is 6. The highest BCUT2D eigenvalue weighted by atomic mass is 15.1. The highest BCUT2D eigenvalue weighted by molar-refractivity contribution is 6.14. The van der Waals surface area contributed by atoms with Crippen LogP contribution in [0.3, 0.4) is 0 Å². The predicted molar refractivity (Wildman–Crippen MR) is 336 cm³/mol. The summed E-state index contributed by atoms with van der Waals surface area (Å²) < 4.78 is 4.96. The van der Waals surface area contributed by atoms with E-state index in [1.165, 1.54) is 89.0 Å². The molecule has 0 aliphatic rings. The van der Waals surface area contributed by atoms with E-state index in [1.807, 2.05) is 18.2 Å². The van der Waals surface area contributed by atoms with Crippen LogP contribution in [0.15, 0.2) is 152 Å². The molecule has 384 valence electrons. The summed E-state index contributed by atoms with van der Waals surface area (Å²) >= 11 is 0. The lowest BCUT2D eigenvalue weighted by atomic mass is 9.92. The number of nitrogens with zero attached hydrogens (tertiary/aromatic N) is 4. The second-order valence-corrected chi connectivity index (χ2v) is 22.8. The number of hydrogen-bond acceptors (Lipinski definition) is 0. The fourth-order valence-electron chi connectivity index (χ4n) is 14.0. The maximum absolute atomic E-state index is 9.08. The molecule has 2 aromatic heterocycles. The van der Waals surface area contributed by atoms with E-state index in [4.69, 9.17) is 13.1 Å². The Morgan fingerprint density at radius 1 is 0.278 bits per heavy atom. The molecule has 0 saturated carbocycles. The van der Waals surface area contributed by atoms with Gasteiger partial charge in [-0.3, -0.25) is 0 Å². The van der Waals surface area contributed by atoms with Crippen molar-refractivity contribution in [3.05, 3.63) is 247 Å². The molecule has 0 atom stereocenters. The fourth-order valence-corrected chi connectivity index (χ4v) is 14.0. The third kappa shape index (κ3) is 8.34. The lowest BCUT2D eigenvalue weighted by Crippen LogP contribution is -2.05. The summed E-state index contributed by atoms with van der Waals surface area (Å²) in [5.41, 5.74) is 34.3. The first-order chi connectivity index (χ1) is 37.9. The van der Waals surface area contributed by atoms with Crippen molar-refractivity contribution < 1.29 is 0 Å². The smallest absolute Gasteiger partial charge is 0.197 e. The number of hydrogen-bond donors (Lipinski definition) is 0. The molecule has 0 radical (unpaired) electrons. The molecule has 79 heavy (non-hydrogen) atoms. The number of rotatable bonds is 7. The van der Waals surface area contributed by atoms with Gasteiger partial charge in [-0.2, -0.15) is 0 Å². The summed E-state index contributed by atoms with van der Waals surface area (Å²) in [6, 6.07) is 56.6. The van der Waals surface area contributed by atoms with E-state index in [2.05, 4.69) is 242 Å². The number of aryl methyl sites for hydroxylation is 13. The average Bonchev–Trinajstić information content (AvgIpc) is 4.15. The normalized spacial score (nSPS) is 11.6.